The van der Waals surface area contributed by atoms with E-state index in [1.165, 1.54) is 19.3 Å². The lowest BCUT2D eigenvalue weighted by molar-refractivity contribution is -0.115. The molecule has 0 spiro atoms. The molecular weight excluding hydrogens is 334 g/mol. The molecule has 7 heteroatoms. The third-order valence-electron chi connectivity index (χ3n) is 4.76. The second-order valence-electron chi connectivity index (χ2n) is 6.53. The van der Waals surface area contributed by atoms with Crippen LogP contribution in [-0.2, 0) is 11.2 Å². The van der Waals surface area contributed by atoms with E-state index in [9.17, 15) is 4.79 Å². The molecule has 0 atom stereocenters. The van der Waals surface area contributed by atoms with Crippen LogP contribution in [-0.4, -0.2) is 25.3 Å². The quantitative estimate of drug-likeness (QED) is 0.588. The molecule has 1 saturated carbocycles. The van der Waals surface area contributed by atoms with Crippen molar-refractivity contribution < 1.29 is 4.79 Å². The van der Waals surface area contributed by atoms with Crippen LogP contribution in [0.3, 0.4) is 0 Å². The number of thiazole rings is 1. The Morgan fingerprint density at radius 3 is 3.08 bits per heavy atom. The fraction of sp³-hybridized carbons (Fsp3) is 0.278. The molecule has 126 valence electrons. The fourth-order valence-corrected chi connectivity index (χ4v) is 3.93. The van der Waals surface area contributed by atoms with Crippen molar-refractivity contribution in [3.63, 3.8) is 0 Å². The van der Waals surface area contributed by atoms with E-state index in [4.69, 9.17) is 0 Å². The number of imidazole rings is 2. The molecule has 1 fully saturated rings. The van der Waals surface area contributed by atoms with Crippen LogP contribution in [0, 0.1) is 0 Å². The Labute approximate surface area is 147 Å². The minimum Gasteiger partial charge on any atom is -0.342 e. The number of carbonyl (C=O) groups is 1. The Balaban J connectivity index is 1.32. The molecule has 0 aliphatic heterocycles. The van der Waals surface area contributed by atoms with Crippen LogP contribution in [0.5, 0.6) is 0 Å². The summed E-state index contributed by atoms with van der Waals surface area (Å²) in [6, 6.07) is 5.81. The highest BCUT2D eigenvalue weighted by Crippen LogP contribution is 2.35. The summed E-state index contributed by atoms with van der Waals surface area (Å²) in [4.78, 5) is 25.7. The van der Waals surface area contributed by atoms with E-state index in [1.54, 1.807) is 11.3 Å². The molecule has 25 heavy (non-hydrogen) atoms. The number of hydrogen-bond donors (Lipinski definition) is 2. The fourth-order valence-electron chi connectivity index (χ4n) is 3.21. The Kier molecular flexibility index (Phi) is 3.34. The van der Waals surface area contributed by atoms with Crippen LogP contribution in [0.15, 0.2) is 36.0 Å². The van der Waals surface area contributed by atoms with Crippen molar-refractivity contribution >= 4 is 38.9 Å². The lowest BCUT2D eigenvalue weighted by atomic mass is 9.85. The molecule has 0 saturated heterocycles. The van der Waals surface area contributed by atoms with E-state index in [2.05, 4.69) is 20.3 Å². The number of rotatable bonds is 4. The molecule has 2 N–H and O–H groups in total. The topological polar surface area (TPSA) is 75.1 Å². The standard InChI is InChI=1S/C18H17N5OS/c24-16(9-13-10-23-6-7-25-18(23)20-13)19-12-4-5-14-15(8-12)22-17(21-14)11-2-1-3-11/h4-8,10-11H,1-3,9H2,(H,19,24)(H,21,22). The summed E-state index contributed by atoms with van der Waals surface area (Å²) in [6.45, 7) is 0. The average Bonchev–Trinajstić information content (AvgIpc) is 3.18. The average molecular weight is 351 g/mol. The minimum atomic E-state index is -0.0659. The molecule has 0 bridgehead atoms. The van der Waals surface area contributed by atoms with Crippen LogP contribution in [0.2, 0.25) is 0 Å². The lowest BCUT2D eigenvalue weighted by Crippen LogP contribution is -2.14. The van der Waals surface area contributed by atoms with Gasteiger partial charge in [0, 0.05) is 29.4 Å². The van der Waals surface area contributed by atoms with Crippen molar-refractivity contribution in [1.82, 2.24) is 19.4 Å². The first-order valence-corrected chi connectivity index (χ1v) is 9.33. The Hall–Kier alpha value is -2.67. The highest BCUT2D eigenvalue weighted by atomic mass is 32.1. The highest BCUT2D eigenvalue weighted by Gasteiger charge is 2.22. The molecular formula is C18H17N5OS. The van der Waals surface area contributed by atoms with Gasteiger partial charge in [0.1, 0.15) is 5.82 Å². The molecule has 0 unspecified atom stereocenters. The minimum absolute atomic E-state index is 0.0659. The van der Waals surface area contributed by atoms with Gasteiger partial charge in [-0.15, -0.1) is 11.3 Å². The number of anilines is 1. The molecule has 3 aromatic heterocycles. The predicted octanol–water partition coefficient (Wildman–Crippen LogP) is 3.72. The first-order valence-electron chi connectivity index (χ1n) is 8.45. The van der Waals surface area contributed by atoms with Crippen LogP contribution in [0.1, 0.15) is 36.7 Å². The molecule has 5 rings (SSSR count). The molecule has 1 aliphatic carbocycles. The van der Waals surface area contributed by atoms with Crippen LogP contribution < -0.4 is 5.32 Å². The highest BCUT2D eigenvalue weighted by molar-refractivity contribution is 7.15. The number of carbonyl (C=O) groups excluding carboxylic acids is 1. The number of hydrogen-bond acceptors (Lipinski definition) is 4. The van der Waals surface area contributed by atoms with Gasteiger partial charge in [0.25, 0.3) is 0 Å². The number of aromatic amines is 1. The second-order valence-corrected chi connectivity index (χ2v) is 7.40. The van der Waals surface area contributed by atoms with Gasteiger partial charge in [0.2, 0.25) is 5.91 Å². The van der Waals surface area contributed by atoms with Gasteiger partial charge in [-0.1, -0.05) is 6.42 Å². The van der Waals surface area contributed by atoms with E-state index >= 15 is 0 Å². The number of amides is 1. The van der Waals surface area contributed by atoms with Gasteiger partial charge in [0.15, 0.2) is 4.96 Å². The van der Waals surface area contributed by atoms with E-state index in [1.807, 2.05) is 40.4 Å². The number of aromatic nitrogens is 4. The summed E-state index contributed by atoms with van der Waals surface area (Å²) >= 11 is 1.56. The summed E-state index contributed by atoms with van der Waals surface area (Å²) in [6.07, 6.45) is 7.82. The summed E-state index contributed by atoms with van der Waals surface area (Å²) in [5, 5.41) is 4.93. The van der Waals surface area contributed by atoms with Crippen molar-refractivity contribution in [1.29, 1.82) is 0 Å². The van der Waals surface area contributed by atoms with E-state index in [0.717, 1.165) is 33.2 Å². The molecule has 6 nitrogen and oxygen atoms in total. The van der Waals surface area contributed by atoms with Crippen molar-refractivity contribution in [2.45, 2.75) is 31.6 Å². The second kappa shape index (κ2) is 5.70. The summed E-state index contributed by atoms with van der Waals surface area (Å²) in [5.41, 5.74) is 3.48. The van der Waals surface area contributed by atoms with Crippen molar-refractivity contribution in [3.8, 4) is 0 Å². The Bertz CT molecular complexity index is 1040. The van der Waals surface area contributed by atoms with E-state index in [-0.39, 0.29) is 12.3 Å². The number of nitrogens with one attached hydrogen (secondary N) is 2. The number of nitrogens with zero attached hydrogens (tertiary/aromatic N) is 3. The third-order valence-corrected chi connectivity index (χ3v) is 5.53. The van der Waals surface area contributed by atoms with Gasteiger partial charge in [-0.25, -0.2) is 9.97 Å². The van der Waals surface area contributed by atoms with Crippen LogP contribution in [0.25, 0.3) is 16.0 Å². The first-order chi connectivity index (χ1) is 12.2. The van der Waals surface area contributed by atoms with E-state index in [0.29, 0.717) is 5.92 Å². The lowest BCUT2D eigenvalue weighted by Gasteiger charge is -2.22. The molecule has 3 heterocycles. The molecule has 0 radical (unpaired) electrons. The molecule has 4 aromatic rings. The van der Waals surface area contributed by atoms with Gasteiger partial charge in [-0.2, -0.15) is 0 Å². The first kappa shape index (κ1) is 14.7. The van der Waals surface area contributed by atoms with Gasteiger partial charge < -0.3 is 10.3 Å². The van der Waals surface area contributed by atoms with Crippen molar-refractivity contribution in [3.05, 3.63) is 47.5 Å². The SMILES string of the molecule is O=C(Cc1cn2ccsc2n1)Nc1ccc2nc(C3CCC3)[nH]c2c1. The normalized spacial score (nSPS) is 14.9. The van der Waals surface area contributed by atoms with Crippen molar-refractivity contribution in [2.75, 3.05) is 5.32 Å². The van der Waals surface area contributed by atoms with Crippen LogP contribution >= 0.6 is 11.3 Å². The number of benzene rings is 1. The maximum absolute atomic E-state index is 12.3. The zero-order chi connectivity index (χ0) is 16.8. The third kappa shape index (κ3) is 2.70. The zero-order valence-electron chi connectivity index (χ0n) is 13.5. The Morgan fingerprint density at radius 1 is 1.36 bits per heavy atom. The largest absolute Gasteiger partial charge is 0.342 e. The van der Waals surface area contributed by atoms with Gasteiger partial charge in [-0.05, 0) is 31.0 Å². The molecule has 1 amide bonds. The predicted molar refractivity (Wildman–Crippen MR) is 98.1 cm³/mol. The number of fused-ring (bicyclic) bond motifs is 2. The van der Waals surface area contributed by atoms with E-state index < -0.39 is 0 Å². The van der Waals surface area contributed by atoms with Crippen molar-refractivity contribution in [2.24, 2.45) is 0 Å². The van der Waals surface area contributed by atoms with Gasteiger partial charge in [0.05, 0.1) is 23.1 Å². The number of H-pyrrole nitrogens is 1. The maximum Gasteiger partial charge on any atom is 0.230 e. The smallest absolute Gasteiger partial charge is 0.230 e. The molecule has 1 aliphatic rings. The Morgan fingerprint density at radius 2 is 2.28 bits per heavy atom. The van der Waals surface area contributed by atoms with Crippen LogP contribution in [0.4, 0.5) is 5.69 Å². The van der Waals surface area contributed by atoms with Gasteiger partial charge in [-0.3, -0.25) is 9.20 Å². The molecule has 1 aromatic carbocycles. The monoisotopic (exact) mass is 351 g/mol. The summed E-state index contributed by atoms with van der Waals surface area (Å²) < 4.78 is 1.94. The summed E-state index contributed by atoms with van der Waals surface area (Å²) in [5.74, 6) is 1.58. The maximum atomic E-state index is 12.3. The summed E-state index contributed by atoms with van der Waals surface area (Å²) in [7, 11) is 0. The zero-order valence-corrected chi connectivity index (χ0v) is 14.3. The van der Waals surface area contributed by atoms with Gasteiger partial charge >= 0.3 is 0 Å².